The lowest BCUT2D eigenvalue weighted by molar-refractivity contribution is -0.107. The second kappa shape index (κ2) is 10.9. The lowest BCUT2D eigenvalue weighted by Gasteiger charge is -2.28. The monoisotopic (exact) mass is 584 g/mol. The van der Waals surface area contributed by atoms with Crippen molar-refractivity contribution >= 4 is 50.4 Å². The Labute approximate surface area is 233 Å². The fourth-order valence-electron chi connectivity index (χ4n) is 4.31. The summed E-state index contributed by atoms with van der Waals surface area (Å²) in [4.78, 5) is 25.1. The molecule has 0 bridgehead atoms. The van der Waals surface area contributed by atoms with E-state index in [1.165, 1.54) is 29.1 Å². The molecule has 17 heteroatoms. The van der Waals surface area contributed by atoms with Gasteiger partial charge in [-0.05, 0) is 29.8 Å². The van der Waals surface area contributed by atoms with E-state index in [1.807, 2.05) is 16.9 Å². The summed E-state index contributed by atoms with van der Waals surface area (Å²) in [7, 11) is -4.38. The van der Waals surface area contributed by atoms with Crippen LogP contribution in [0.15, 0.2) is 54.9 Å². The number of aliphatic hydroxyl groups is 2. The molecule has 1 aliphatic rings. The van der Waals surface area contributed by atoms with Crippen molar-refractivity contribution in [1.82, 2.24) is 29.0 Å². The molecule has 2 aromatic heterocycles. The number of anilines is 4. The van der Waals surface area contributed by atoms with Gasteiger partial charge in [0.05, 0.1) is 18.5 Å². The van der Waals surface area contributed by atoms with Crippen LogP contribution in [0.4, 0.5) is 23.1 Å². The van der Waals surface area contributed by atoms with E-state index in [2.05, 4.69) is 25.0 Å². The van der Waals surface area contributed by atoms with Crippen molar-refractivity contribution in [2.24, 2.45) is 5.73 Å². The molecule has 3 heterocycles. The molecule has 1 fully saturated rings. The minimum Gasteiger partial charge on any atom is -0.398 e. The molecule has 16 nitrogen and oxygen atoms in total. The Morgan fingerprint density at radius 2 is 1.88 bits per heavy atom. The van der Waals surface area contributed by atoms with Gasteiger partial charge < -0.3 is 37.5 Å². The summed E-state index contributed by atoms with van der Waals surface area (Å²) in [5.41, 5.74) is 17.3. The number of nitrogens with one attached hydrogen (secondary N) is 3. The Bertz CT molecular complexity index is 1700. The zero-order chi connectivity index (χ0) is 29.4. The van der Waals surface area contributed by atoms with E-state index in [0.717, 1.165) is 5.56 Å². The molecular weight excluding hydrogens is 556 g/mol. The molecule has 4 aromatic rings. The number of nitrogens with zero attached hydrogens (tertiary/aromatic N) is 4. The van der Waals surface area contributed by atoms with E-state index in [1.54, 1.807) is 18.2 Å². The molecule has 0 radical (unpaired) electrons. The molecule has 1 aliphatic heterocycles. The summed E-state index contributed by atoms with van der Waals surface area (Å²) in [6, 6.07) is 13.2. The highest BCUT2D eigenvalue weighted by Gasteiger charge is 2.50. The summed E-state index contributed by atoms with van der Waals surface area (Å²) in [6.45, 7) is -0.532. The van der Waals surface area contributed by atoms with Crippen LogP contribution in [-0.4, -0.2) is 69.4 Å². The van der Waals surface area contributed by atoms with Crippen molar-refractivity contribution in [3.05, 3.63) is 66.0 Å². The van der Waals surface area contributed by atoms with E-state index in [-0.39, 0.29) is 34.2 Å². The van der Waals surface area contributed by atoms with Crippen molar-refractivity contribution in [2.45, 2.75) is 24.5 Å². The fraction of sp³-hybridized carbons (Fsp3) is 0.250. The summed E-state index contributed by atoms with van der Waals surface area (Å²) in [5, 5.41) is 25.4. The summed E-state index contributed by atoms with van der Waals surface area (Å²) >= 11 is 0. The van der Waals surface area contributed by atoms with E-state index in [4.69, 9.17) is 21.9 Å². The minimum atomic E-state index is -4.38. The summed E-state index contributed by atoms with van der Waals surface area (Å²) in [6.07, 6.45) is -1.62. The zero-order valence-corrected chi connectivity index (χ0v) is 22.2. The number of para-hydroxylation sites is 1. The molecule has 216 valence electrons. The van der Waals surface area contributed by atoms with E-state index in [0.29, 0.717) is 12.2 Å². The van der Waals surface area contributed by atoms with Crippen molar-refractivity contribution in [3.8, 4) is 0 Å². The maximum absolute atomic E-state index is 12.5. The number of rotatable bonds is 9. The van der Waals surface area contributed by atoms with Crippen LogP contribution in [0.2, 0.25) is 0 Å². The second-order valence-electron chi connectivity index (χ2n) is 9.29. The maximum atomic E-state index is 12.5. The predicted octanol–water partition coefficient (Wildman–Crippen LogP) is -1.14. The molecule has 0 aliphatic carbocycles. The number of carbonyl (C=O) groups excluding carboxylic acids is 1. The number of nitrogen functional groups attached to an aromatic ring is 2. The molecule has 0 spiro atoms. The highest BCUT2D eigenvalue weighted by molar-refractivity contribution is 7.88. The molecule has 41 heavy (non-hydrogen) atoms. The number of ether oxygens (including phenoxy) is 1. The van der Waals surface area contributed by atoms with Gasteiger partial charge in [0.15, 0.2) is 17.2 Å². The van der Waals surface area contributed by atoms with Crippen LogP contribution in [0.3, 0.4) is 0 Å². The number of aliphatic hydroxyl groups excluding tert-OH is 1. The Morgan fingerprint density at radius 3 is 2.59 bits per heavy atom. The number of carbonyl (C=O) groups is 1. The number of imidazole rings is 1. The van der Waals surface area contributed by atoms with Gasteiger partial charge in [-0.1, -0.05) is 24.3 Å². The van der Waals surface area contributed by atoms with E-state index in [9.17, 15) is 23.4 Å². The first kappa shape index (κ1) is 28.1. The first-order chi connectivity index (χ1) is 19.5. The molecule has 0 unspecified atom stereocenters. The largest absolute Gasteiger partial charge is 0.398 e. The predicted molar refractivity (Wildman–Crippen MR) is 149 cm³/mol. The van der Waals surface area contributed by atoms with Crippen molar-refractivity contribution in [1.29, 1.82) is 0 Å². The van der Waals surface area contributed by atoms with Gasteiger partial charge in [-0.2, -0.15) is 23.1 Å². The maximum Gasteiger partial charge on any atom is 0.301 e. The van der Waals surface area contributed by atoms with Gasteiger partial charge in [-0.15, -0.1) is 0 Å². The summed E-state index contributed by atoms with van der Waals surface area (Å²) in [5.74, 6) is -0.818. The lowest BCUT2D eigenvalue weighted by atomic mass is 10.1. The normalized spacial score (nSPS) is 20.8. The molecule has 11 N–H and O–H groups in total. The van der Waals surface area contributed by atoms with Gasteiger partial charge in [0, 0.05) is 24.5 Å². The molecule has 1 saturated heterocycles. The lowest BCUT2D eigenvalue weighted by Crippen LogP contribution is -2.50. The molecule has 0 saturated carbocycles. The van der Waals surface area contributed by atoms with Crippen LogP contribution in [0.1, 0.15) is 15.9 Å². The minimum absolute atomic E-state index is 0.0194. The quantitative estimate of drug-likeness (QED) is 0.108. The topological polar surface area (TPSA) is 259 Å². The van der Waals surface area contributed by atoms with Crippen LogP contribution in [-0.2, 0) is 27.2 Å². The smallest absolute Gasteiger partial charge is 0.301 e. The second-order valence-corrected chi connectivity index (χ2v) is 10.8. The number of aromatic nitrogens is 4. The van der Waals surface area contributed by atoms with E-state index < -0.39 is 47.2 Å². The van der Waals surface area contributed by atoms with Crippen LogP contribution >= 0.6 is 0 Å². The average molecular weight is 585 g/mol. The highest BCUT2D eigenvalue weighted by Crippen LogP contribution is 2.33. The van der Waals surface area contributed by atoms with Gasteiger partial charge in [-0.25, -0.2) is 9.71 Å². The number of hydrogen-bond donors (Lipinski definition) is 8. The average Bonchev–Trinajstić information content (AvgIpc) is 3.50. The van der Waals surface area contributed by atoms with Gasteiger partial charge in [0.2, 0.25) is 5.95 Å². The van der Waals surface area contributed by atoms with Gasteiger partial charge in [0.1, 0.15) is 17.7 Å². The van der Waals surface area contributed by atoms with Gasteiger partial charge in [0.25, 0.3) is 5.91 Å². The SMILES string of the molecule is NCc1ccc(Nc2nc(N)c3ncn([C@@]4(O)CO[C@H](CNS(=O)(=O)NC(=O)c5ccccc5N)[C@H]4O)c3n2)cc1. The van der Waals surface area contributed by atoms with Crippen LogP contribution < -0.4 is 32.0 Å². The number of fused-ring (bicyclic) bond motifs is 1. The third-order valence-electron chi connectivity index (χ3n) is 6.53. The Kier molecular flexibility index (Phi) is 7.47. The summed E-state index contributed by atoms with van der Waals surface area (Å²) < 4.78 is 35.6. The first-order valence-electron chi connectivity index (χ1n) is 12.3. The standard InChI is InChI=1S/C24H28N10O6S/c25-9-13-5-7-14(8-6-13)30-23-31-20(27)18-21(32-23)34(12-28-18)24(37)11-40-17(19(24)35)10-29-41(38,39)33-22(36)15-3-1-2-4-16(15)26/h1-8,12,17,19,29,35,37H,9-11,25-26H2,(H,33,36)(H3,27,30,31,32)/t17-,19-,24-/m1/s1. The van der Waals surface area contributed by atoms with Crippen molar-refractivity contribution in [2.75, 3.05) is 29.9 Å². The number of hydrogen-bond acceptors (Lipinski definition) is 13. The molecular formula is C24H28N10O6S. The van der Waals surface area contributed by atoms with Gasteiger partial charge >= 0.3 is 10.2 Å². The van der Waals surface area contributed by atoms with E-state index >= 15 is 0 Å². The highest BCUT2D eigenvalue weighted by atomic mass is 32.2. The van der Waals surface area contributed by atoms with Crippen LogP contribution in [0.25, 0.3) is 11.2 Å². The van der Waals surface area contributed by atoms with Gasteiger partial charge in [-0.3, -0.25) is 9.36 Å². The Hall–Kier alpha value is -4.39. The Morgan fingerprint density at radius 1 is 1.15 bits per heavy atom. The van der Waals surface area contributed by atoms with Crippen molar-refractivity contribution < 1.29 is 28.2 Å². The number of nitrogens with two attached hydrogens (primary N) is 3. The molecule has 2 aromatic carbocycles. The van der Waals surface area contributed by atoms with Crippen LogP contribution in [0, 0.1) is 0 Å². The number of amides is 1. The third-order valence-corrected chi connectivity index (χ3v) is 7.53. The van der Waals surface area contributed by atoms with Crippen LogP contribution in [0.5, 0.6) is 0 Å². The molecule has 5 rings (SSSR count). The first-order valence-corrected chi connectivity index (χ1v) is 13.7. The van der Waals surface area contributed by atoms with Crippen molar-refractivity contribution in [3.63, 3.8) is 0 Å². The molecule has 1 amide bonds. The fourth-order valence-corrected chi connectivity index (χ4v) is 5.12. The number of benzene rings is 2. The Balaban J connectivity index is 1.31. The zero-order valence-electron chi connectivity index (χ0n) is 21.4. The third kappa shape index (κ3) is 5.62. The molecule has 3 atom stereocenters.